The summed E-state index contributed by atoms with van der Waals surface area (Å²) in [5.74, 6) is 0.0304. The maximum absolute atomic E-state index is 11.8. The molecular weight excluding hydrogens is 228 g/mol. The minimum atomic E-state index is -0.132. The Morgan fingerprint density at radius 2 is 2.00 bits per heavy atom. The van der Waals surface area contributed by atoms with Crippen molar-refractivity contribution < 1.29 is 9.53 Å². The summed E-state index contributed by atoms with van der Waals surface area (Å²) < 4.78 is 5.63. The summed E-state index contributed by atoms with van der Waals surface area (Å²) >= 11 is 0. The van der Waals surface area contributed by atoms with Gasteiger partial charge in [0.2, 0.25) is 5.91 Å². The van der Waals surface area contributed by atoms with Crippen molar-refractivity contribution in [1.29, 1.82) is 0 Å². The Morgan fingerprint density at radius 1 is 1.33 bits per heavy atom. The molecule has 18 heavy (non-hydrogen) atoms. The first-order chi connectivity index (χ1) is 8.58. The number of ether oxygens (including phenoxy) is 1. The van der Waals surface area contributed by atoms with Crippen LogP contribution in [0.25, 0.3) is 0 Å². The smallest absolute Gasteiger partial charge is 0.246 e. The summed E-state index contributed by atoms with van der Waals surface area (Å²) in [4.78, 5) is 11.8. The predicted molar refractivity (Wildman–Crippen MR) is 71.4 cm³/mol. The Balaban J connectivity index is 1.67. The van der Waals surface area contributed by atoms with Crippen LogP contribution in [0.1, 0.15) is 46.0 Å². The van der Waals surface area contributed by atoms with Crippen LogP contribution in [0.4, 0.5) is 0 Å². The molecule has 0 aromatic carbocycles. The van der Waals surface area contributed by atoms with Crippen LogP contribution in [0.2, 0.25) is 0 Å². The van der Waals surface area contributed by atoms with Gasteiger partial charge in [0.15, 0.2) is 0 Å². The molecule has 1 amide bonds. The molecular formula is C14H26N2O2. The monoisotopic (exact) mass is 254 g/mol. The van der Waals surface area contributed by atoms with E-state index in [1.165, 1.54) is 25.7 Å². The molecule has 0 aromatic heterocycles. The molecule has 0 aromatic rings. The Morgan fingerprint density at radius 3 is 2.50 bits per heavy atom. The van der Waals surface area contributed by atoms with Gasteiger partial charge >= 0.3 is 0 Å². The third-order valence-corrected chi connectivity index (χ3v) is 4.62. The van der Waals surface area contributed by atoms with Gasteiger partial charge in [0.05, 0.1) is 5.60 Å². The van der Waals surface area contributed by atoms with E-state index in [9.17, 15) is 4.79 Å². The molecule has 1 saturated heterocycles. The van der Waals surface area contributed by atoms with Crippen LogP contribution in [0.5, 0.6) is 0 Å². The van der Waals surface area contributed by atoms with Gasteiger partial charge < -0.3 is 15.4 Å². The second-order valence-corrected chi connectivity index (χ2v) is 6.18. The quantitative estimate of drug-likeness (QED) is 0.754. The van der Waals surface area contributed by atoms with E-state index < -0.39 is 0 Å². The lowest BCUT2D eigenvalue weighted by atomic mass is 9.83. The van der Waals surface area contributed by atoms with E-state index in [0.29, 0.717) is 5.41 Å². The molecule has 0 bridgehead atoms. The van der Waals surface area contributed by atoms with Crippen molar-refractivity contribution in [1.82, 2.24) is 10.6 Å². The van der Waals surface area contributed by atoms with E-state index in [1.807, 2.05) is 6.92 Å². The van der Waals surface area contributed by atoms with E-state index in [0.717, 1.165) is 26.1 Å². The molecule has 4 heteroatoms. The maximum Gasteiger partial charge on any atom is 0.246 e. The number of hydrogen-bond acceptors (Lipinski definition) is 3. The third kappa shape index (κ3) is 3.23. The minimum absolute atomic E-state index is 0.0304. The molecule has 4 nitrogen and oxygen atoms in total. The zero-order valence-corrected chi connectivity index (χ0v) is 11.7. The molecule has 1 saturated carbocycles. The van der Waals surface area contributed by atoms with Gasteiger partial charge in [-0.05, 0) is 31.6 Å². The van der Waals surface area contributed by atoms with Crippen LogP contribution in [0.15, 0.2) is 0 Å². The lowest BCUT2D eigenvalue weighted by Crippen LogP contribution is -2.59. The average molecular weight is 254 g/mol. The van der Waals surface area contributed by atoms with Crippen molar-refractivity contribution >= 4 is 5.91 Å². The zero-order valence-electron chi connectivity index (χ0n) is 11.7. The van der Waals surface area contributed by atoms with Gasteiger partial charge in [0, 0.05) is 19.6 Å². The van der Waals surface area contributed by atoms with Crippen molar-refractivity contribution in [3.8, 4) is 0 Å². The summed E-state index contributed by atoms with van der Waals surface area (Å²) in [7, 11) is 0. The number of rotatable bonds is 6. The molecule has 1 aliphatic heterocycles. The summed E-state index contributed by atoms with van der Waals surface area (Å²) in [6, 6.07) is 0. The second kappa shape index (κ2) is 5.57. The van der Waals surface area contributed by atoms with Gasteiger partial charge in [-0.2, -0.15) is 0 Å². The SMILES string of the molecule is CCC1(CNC(=O)COC2(C)CNC2)CCCC1. The molecule has 0 unspecified atom stereocenters. The molecule has 0 radical (unpaired) electrons. The summed E-state index contributed by atoms with van der Waals surface area (Å²) in [6.45, 7) is 6.98. The Kier molecular flexibility index (Phi) is 4.28. The topological polar surface area (TPSA) is 50.4 Å². The number of amides is 1. The third-order valence-electron chi connectivity index (χ3n) is 4.62. The van der Waals surface area contributed by atoms with Crippen molar-refractivity contribution in [2.45, 2.75) is 51.6 Å². The van der Waals surface area contributed by atoms with Crippen molar-refractivity contribution in [3.63, 3.8) is 0 Å². The number of nitrogens with one attached hydrogen (secondary N) is 2. The van der Waals surface area contributed by atoms with Crippen LogP contribution in [-0.4, -0.2) is 37.7 Å². The predicted octanol–water partition coefficient (Wildman–Crippen LogP) is 1.45. The van der Waals surface area contributed by atoms with E-state index >= 15 is 0 Å². The Hall–Kier alpha value is -0.610. The lowest BCUT2D eigenvalue weighted by molar-refractivity contribution is -0.136. The number of carbonyl (C=O) groups is 1. The first-order valence-corrected chi connectivity index (χ1v) is 7.19. The van der Waals surface area contributed by atoms with E-state index in [1.54, 1.807) is 0 Å². The van der Waals surface area contributed by atoms with Crippen molar-refractivity contribution in [2.24, 2.45) is 5.41 Å². The lowest BCUT2D eigenvalue weighted by Gasteiger charge is -2.38. The fourth-order valence-electron chi connectivity index (χ4n) is 2.94. The molecule has 1 aliphatic carbocycles. The van der Waals surface area contributed by atoms with Crippen molar-refractivity contribution in [3.05, 3.63) is 0 Å². The number of carbonyl (C=O) groups excluding carboxylic acids is 1. The molecule has 0 spiro atoms. The number of hydrogen-bond donors (Lipinski definition) is 2. The van der Waals surface area contributed by atoms with Gasteiger partial charge in [-0.25, -0.2) is 0 Å². The average Bonchev–Trinajstić information content (AvgIpc) is 2.81. The van der Waals surface area contributed by atoms with Gasteiger partial charge in [-0.3, -0.25) is 4.79 Å². The standard InChI is InChI=1S/C14H26N2O2/c1-3-14(6-4-5-7-14)11-16-12(17)8-18-13(2)9-15-10-13/h15H,3-11H2,1-2H3,(H,16,17). The summed E-state index contributed by atoms with van der Waals surface area (Å²) in [5, 5.41) is 6.21. The molecule has 0 atom stereocenters. The Bertz CT molecular complexity index is 294. The highest BCUT2D eigenvalue weighted by Gasteiger charge is 2.34. The summed E-state index contributed by atoms with van der Waals surface area (Å²) in [6.07, 6.45) is 6.29. The van der Waals surface area contributed by atoms with Crippen LogP contribution in [0, 0.1) is 5.41 Å². The second-order valence-electron chi connectivity index (χ2n) is 6.18. The van der Waals surface area contributed by atoms with Gasteiger partial charge in [0.25, 0.3) is 0 Å². The molecule has 2 fully saturated rings. The van der Waals surface area contributed by atoms with Crippen LogP contribution in [-0.2, 0) is 9.53 Å². The fourth-order valence-corrected chi connectivity index (χ4v) is 2.94. The maximum atomic E-state index is 11.8. The highest BCUT2D eigenvalue weighted by atomic mass is 16.5. The molecule has 2 N–H and O–H groups in total. The highest BCUT2D eigenvalue weighted by Crippen LogP contribution is 2.40. The van der Waals surface area contributed by atoms with E-state index in [-0.39, 0.29) is 18.1 Å². The van der Waals surface area contributed by atoms with Crippen molar-refractivity contribution in [2.75, 3.05) is 26.2 Å². The van der Waals surface area contributed by atoms with E-state index in [4.69, 9.17) is 4.74 Å². The van der Waals surface area contributed by atoms with Gasteiger partial charge in [-0.1, -0.05) is 19.8 Å². The zero-order chi connectivity index (χ0) is 13.1. The minimum Gasteiger partial charge on any atom is -0.363 e. The molecule has 2 aliphatic rings. The molecule has 2 rings (SSSR count). The van der Waals surface area contributed by atoms with Crippen LogP contribution in [0.3, 0.4) is 0 Å². The first-order valence-electron chi connectivity index (χ1n) is 7.19. The van der Waals surface area contributed by atoms with Gasteiger partial charge in [0.1, 0.15) is 6.61 Å². The highest BCUT2D eigenvalue weighted by molar-refractivity contribution is 5.77. The van der Waals surface area contributed by atoms with Crippen LogP contribution >= 0.6 is 0 Å². The molecule has 1 heterocycles. The van der Waals surface area contributed by atoms with E-state index in [2.05, 4.69) is 17.6 Å². The largest absolute Gasteiger partial charge is 0.363 e. The van der Waals surface area contributed by atoms with Crippen LogP contribution < -0.4 is 10.6 Å². The fraction of sp³-hybridized carbons (Fsp3) is 0.929. The molecule has 104 valence electrons. The Labute approximate surface area is 110 Å². The first kappa shape index (κ1) is 13.8. The van der Waals surface area contributed by atoms with Gasteiger partial charge in [-0.15, -0.1) is 0 Å². The summed E-state index contributed by atoms with van der Waals surface area (Å²) in [5.41, 5.74) is 0.227. The normalized spacial score (nSPS) is 24.6.